The summed E-state index contributed by atoms with van der Waals surface area (Å²) < 4.78 is 32.9. The molecule has 36 heavy (non-hydrogen) atoms. The third kappa shape index (κ3) is 5.38. The van der Waals surface area contributed by atoms with E-state index in [9.17, 15) is 18.0 Å². The summed E-state index contributed by atoms with van der Waals surface area (Å²) in [6.07, 6.45) is 0. The van der Waals surface area contributed by atoms with Crippen molar-refractivity contribution in [2.24, 2.45) is 0 Å². The van der Waals surface area contributed by atoms with Gasteiger partial charge in [-0.05, 0) is 48.2 Å². The second-order valence-corrected chi connectivity index (χ2v) is 11.1. The first kappa shape index (κ1) is 25.3. The Bertz CT molecular complexity index is 1490. The smallest absolute Gasteiger partial charge is 0.357 e. The molecule has 186 valence electrons. The molecule has 0 bridgehead atoms. The second kappa shape index (κ2) is 10.4. The minimum atomic E-state index is -3.69. The van der Waals surface area contributed by atoms with E-state index < -0.39 is 28.5 Å². The lowest BCUT2D eigenvalue weighted by Crippen LogP contribution is -2.24. The van der Waals surface area contributed by atoms with Crippen molar-refractivity contribution in [2.45, 2.75) is 11.8 Å². The second-order valence-electron chi connectivity index (χ2n) is 8.03. The van der Waals surface area contributed by atoms with Gasteiger partial charge in [0.05, 0.1) is 15.5 Å². The summed E-state index contributed by atoms with van der Waals surface area (Å²) in [7, 11) is -0.819. The molecular weight excluding hydrogens is 500 g/mol. The van der Waals surface area contributed by atoms with Crippen molar-refractivity contribution in [1.29, 1.82) is 0 Å². The molecule has 2 aromatic heterocycles. The molecule has 0 aliphatic rings. The summed E-state index contributed by atoms with van der Waals surface area (Å²) in [5, 5.41) is 9.06. The van der Waals surface area contributed by atoms with Crippen LogP contribution in [0.3, 0.4) is 0 Å². The number of nitrogens with one attached hydrogen (secondary N) is 1. The molecule has 0 atom stereocenters. The highest BCUT2D eigenvalue weighted by Gasteiger charge is 2.22. The van der Waals surface area contributed by atoms with Crippen LogP contribution in [0.15, 0.2) is 77.0 Å². The first-order valence-electron chi connectivity index (χ1n) is 10.9. The number of nitrogens with zero attached hydrogens (tertiary/aromatic N) is 3. The van der Waals surface area contributed by atoms with Crippen LogP contribution in [0.1, 0.15) is 16.1 Å². The van der Waals surface area contributed by atoms with Crippen molar-refractivity contribution in [2.75, 3.05) is 26.0 Å². The lowest BCUT2D eigenvalue weighted by Gasteiger charge is -2.15. The summed E-state index contributed by atoms with van der Waals surface area (Å²) in [4.78, 5) is 26.4. The van der Waals surface area contributed by atoms with Crippen molar-refractivity contribution in [3.05, 3.63) is 83.4 Å². The standard InChI is InChI=1S/C25H24N4O5S2/c1-17-11-12-18(14-23(17)36(32,33)28(2)3)26-24(30)16-34-25(31)21-15-20(22-10-7-13-35-22)27-29(21)19-8-5-4-6-9-19/h4-15H,16H2,1-3H3,(H,26,30). The molecule has 0 spiro atoms. The van der Waals surface area contributed by atoms with E-state index in [1.54, 1.807) is 25.1 Å². The van der Waals surface area contributed by atoms with Gasteiger partial charge in [0.1, 0.15) is 5.69 Å². The molecule has 0 fully saturated rings. The van der Waals surface area contributed by atoms with Crippen LogP contribution >= 0.6 is 11.3 Å². The molecule has 0 aliphatic carbocycles. The van der Waals surface area contributed by atoms with Crippen LogP contribution in [0.4, 0.5) is 5.69 Å². The number of esters is 1. The summed E-state index contributed by atoms with van der Waals surface area (Å²) in [6, 6.07) is 19.1. The van der Waals surface area contributed by atoms with Gasteiger partial charge < -0.3 is 10.1 Å². The Hall–Kier alpha value is -3.80. The van der Waals surface area contributed by atoms with E-state index in [1.165, 1.54) is 36.2 Å². The monoisotopic (exact) mass is 524 g/mol. The van der Waals surface area contributed by atoms with Crippen molar-refractivity contribution < 1.29 is 22.7 Å². The zero-order chi connectivity index (χ0) is 25.9. The number of ether oxygens (including phenoxy) is 1. The number of rotatable bonds is 8. The third-order valence-electron chi connectivity index (χ3n) is 5.26. The fraction of sp³-hybridized carbons (Fsp3) is 0.160. The summed E-state index contributed by atoms with van der Waals surface area (Å²) >= 11 is 1.49. The molecule has 2 heterocycles. The van der Waals surface area contributed by atoms with Gasteiger partial charge in [-0.3, -0.25) is 4.79 Å². The molecule has 9 nitrogen and oxygen atoms in total. The van der Waals surface area contributed by atoms with Gasteiger partial charge in [-0.25, -0.2) is 22.2 Å². The van der Waals surface area contributed by atoms with Crippen LogP contribution in [-0.4, -0.2) is 55.1 Å². The maximum absolute atomic E-state index is 12.9. The fourth-order valence-electron chi connectivity index (χ4n) is 3.39. The van der Waals surface area contributed by atoms with Gasteiger partial charge >= 0.3 is 5.97 Å². The van der Waals surface area contributed by atoms with Crippen LogP contribution < -0.4 is 5.32 Å². The minimum absolute atomic E-state index is 0.0789. The number of anilines is 1. The molecule has 0 saturated heterocycles. The Morgan fingerprint density at radius 2 is 1.81 bits per heavy atom. The highest BCUT2D eigenvalue weighted by Crippen LogP contribution is 2.26. The Morgan fingerprint density at radius 3 is 2.47 bits per heavy atom. The van der Waals surface area contributed by atoms with E-state index in [-0.39, 0.29) is 16.3 Å². The number of carbonyl (C=O) groups excluding carboxylic acids is 2. The number of hydrogen-bond acceptors (Lipinski definition) is 7. The van der Waals surface area contributed by atoms with Gasteiger partial charge in [-0.15, -0.1) is 11.3 Å². The predicted octanol–water partition coefficient (Wildman–Crippen LogP) is 3.96. The Balaban J connectivity index is 1.50. The number of benzene rings is 2. The van der Waals surface area contributed by atoms with Crippen molar-refractivity contribution >= 4 is 38.9 Å². The van der Waals surface area contributed by atoms with E-state index in [2.05, 4.69) is 10.4 Å². The zero-order valence-corrected chi connectivity index (χ0v) is 21.5. The molecular formula is C25H24N4O5S2. The number of amides is 1. The highest BCUT2D eigenvalue weighted by atomic mass is 32.2. The number of aromatic nitrogens is 2. The summed E-state index contributed by atoms with van der Waals surface area (Å²) in [5.41, 5.74) is 2.28. The Kier molecular flexibility index (Phi) is 7.34. The Morgan fingerprint density at radius 1 is 1.06 bits per heavy atom. The van der Waals surface area contributed by atoms with Gasteiger partial charge in [0.2, 0.25) is 10.0 Å². The largest absolute Gasteiger partial charge is 0.451 e. The lowest BCUT2D eigenvalue weighted by molar-refractivity contribution is -0.119. The number of para-hydroxylation sites is 1. The maximum Gasteiger partial charge on any atom is 0.357 e. The summed E-state index contributed by atoms with van der Waals surface area (Å²) in [5.74, 6) is -1.33. The van der Waals surface area contributed by atoms with Crippen molar-refractivity contribution in [3.63, 3.8) is 0 Å². The van der Waals surface area contributed by atoms with E-state index in [1.807, 2.05) is 47.8 Å². The number of thiophene rings is 1. The topological polar surface area (TPSA) is 111 Å². The van der Waals surface area contributed by atoms with Gasteiger partial charge in [0, 0.05) is 25.8 Å². The van der Waals surface area contributed by atoms with Gasteiger partial charge in [-0.1, -0.05) is 30.3 Å². The quantitative estimate of drug-likeness (QED) is 0.350. The normalized spacial score (nSPS) is 11.4. The predicted molar refractivity (Wildman–Crippen MR) is 138 cm³/mol. The third-order valence-corrected chi connectivity index (χ3v) is 8.11. The van der Waals surface area contributed by atoms with Crippen LogP contribution in [0.25, 0.3) is 16.3 Å². The van der Waals surface area contributed by atoms with Crippen molar-refractivity contribution in [1.82, 2.24) is 14.1 Å². The first-order valence-corrected chi connectivity index (χ1v) is 13.2. The molecule has 0 saturated carbocycles. The average Bonchev–Trinajstić information content (AvgIpc) is 3.54. The zero-order valence-electron chi connectivity index (χ0n) is 19.8. The van der Waals surface area contributed by atoms with E-state index in [0.29, 0.717) is 16.9 Å². The average molecular weight is 525 g/mol. The highest BCUT2D eigenvalue weighted by molar-refractivity contribution is 7.89. The van der Waals surface area contributed by atoms with Gasteiger partial charge in [-0.2, -0.15) is 5.10 Å². The molecule has 4 rings (SSSR count). The van der Waals surface area contributed by atoms with Gasteiger partial charge in [0.25, 0.3) is 5.91 Å². The van der Waals surface area contributed by atoms with Gasteiger partial charge in [0.15, 0.2) is 12.3 Å². The lowest BCUT2D eigenvalue weighted by atomic mass is 10.2. The van der Waals surface area contributed by atoms with E-state index >= 15 is 0 Å². The number of sulfonamides is 1. The van der Waals surface area contributed by atoms with Crippen LogP contribution in [0, 0.1) is 6.92 Å². The van der Waals surface area contributed by atoms with Crippen LogP contribution in [-0.2, 0) is 19.6 Å². The Labute approximate surface area is 213 Å². The molecule has 11 heteroatoms. The van der Waals surface area contributed by atoms with E-state index in [4.69, 9.17) is 4.74 Å². The molecule has 1 amide bonds. The molecule has 4 aromatic rings. The number of carbonyl (C=O) groups is 2. The SMILES string of the molecule is Cc1ccc(NC(=O)COC(=O)c2cc(-c3cccs3)nn2-c2ccccc2)cc1S(=O)(=O)N(C)C. The van der Waals surface area contributed by atoms with Crippen molar-refractivity contribution in [3.8, 4) is 16.3 Å². The van der Waals surface area contributed by atoms with Crippen LogP contribution in [0.2, 0.25) is 0 Å². The first-order chi connectivity index (χ1) is 17.2. The molecule has 2 aromatic carbocycles. The molecule has 0 aliphatic heterocycles. The summed E-state index contributed by atoms with van der Waals surface area (Å²) in [6.45, 7) is 1.11. The molecule has 0 radical (unpaired) electrons. The van der Waals surface area contributed by atoms with E-state index in [0.717, 1.165) is 9.18 Å². The number of aryl methyl sites for hydroxylation is 1. The molecule has 1 N–H and O–H groups in total. The fourth-order valence-corrected chi connectivity index (χ4v) is 5.22. The maximum atomic E-state index is 12.9. The molecule has 0 unspecified atom stereocenters. The number of hydrogen-bond donors (Lipinski definition) is 1. The van der Waals surface area contributed by atoms with Crippen LogP contribution in [0.5, 0.6) is 0 Å². The minimum Gasteiger partial charge on any atom is -0.451 e.